The maximum Gasteiger partial charge on any atom is 0.329 e. The van der Waals surface area contributed by atoms with Gasteiger partial charge in [0.15, 0.2) is 17.2 Å². The van der Waals surface area contributed by atoms with Crippen molar-refractivity contribution in [3.05, 3.63) is 120 Å². The summed E-state index contributed by atoms with van der Waals surface area (Å²) in [5.41, 5.74) is 2.39. The lowest BCUT2D eigenvalue weighted by Gasteiger charge is -2.18. The molecule has 0 saturated carbocycles. The summed E-state index contributed by atoms with van der Waals surface area (Å²) in [7, 11) is 1.37. The first-order chi connectivity index (χ1) is 18.5. The van der Waals surface area contributed by atoms with Gasteiger partial charge in [0.2, 0.25) is 0 Å². The van der Waals surface area contributed by atoms with Crippen LogP contribution < -0.4 is 14.8 Å². The summed E-state index contributed by atoms with van der Waals surface area (Å²) < 4.78 is 16.4. The summed E-state index contributed by atoms with van der Waals surface area (Å²) in [6, 6.07) is 26.7. The molecule has 0 saturated heterocycles. The van der Waals surface area contributed by atoms with Gasteiger partial charge in [-0.15, -0.1) is 0 Å². The Morgan fingerprint density at radius 3 is 2.11 bits per heavy atom. The fourth-order valence-corrected chi connectivity index (χ4v) is 3.71. The second-order valence-corrected chi connectivity index (χ2v) is 8.45. The standard InChI is InChI=1S/C30H28N2O6/c1-36-26-16-17-31-27(28(26)33)29(34)32-25(30(35)38-20-23-10-6-3-7-11-23)18-21-12-14-24(15-13-21)37-19-22-8-4-2-5-9-22/h2-17,25,33H,18-20H2,1H3,(H,32,34). The van der Waals surface area contributed by atoms with Gasteiger partial charge < -0.3 is 24.6 Å². The van der Waals surface area contributed by atoms with Crippen molar-refractivity contribution in [1.29, 1.82) is 0 Å². The van der Waals surface area contributed by atoms with Gasteiger partial charge in [-0.1, -0.05) is 72.8 Å². The van der Waals surface area contributed by atoms with Crippen molar-refractivity contribution in [2.75, 3.05) is 7.11 Å². The molecule has 1 heterocycles. The van der Waals surface area contributed by atoms with Crippen LogP contribution in [0.4, 0.5) is 0 Å². The molecule has 0 spiro atoms. The summed E-state index contributed by atoms with van der Waals surface area (Å²) in [6.45, 7) is 0.489. The van der Waals surface area contributed by atoms with Gasteiger partial charge in [0.25, 0.3) is 5.91 Å². The maximum atomic E-state index is 13.1. The van der Waals surface area contributed by atoms with E-state index in [1.807, 2.05) is 84.9 Å². The van der Waals surface area contributed by atoms with Crippen LogP contribution in [0.2, 0.25) is 0 Å². The van der Waals surface area contributed by atoms with Crippen molar-refractivity contribution >= 4 is 11.9 Å². The Bertz CT molecular complexity index is 1340. The summed E-state index contributed by atoms with van der Waals surface area (Å²) in [4.78, 5) is 30.0. The van der Waals surface area contributed by atoms with Crippen LogP contribution in [0, 0.1) is 0 Å². The van der Waals surface area contributed by atoms with Crippen LogP contribution in [0.15, 0.2) is 97.2 Å². The number of pyridine rings is 1. The molecular formula is C30H28N2O6. The highest BCUT2D eigenvalue weighted by atomic mass is 16.5. The number of carbonyl (C=O) groups excluding carboxylic acids is 2. The van der Waals surface area contributed by atoms with Gasteiger partial charge in [-0.2, -0.15) is 0 Å². The highest BCUT2D eigenvalue weighted by Gasteiger charge is 2.26. The van der Waals surface area contributed by atoms with Crippen molar-refractivity contribution in [3.8, 4) is 17.2 Å². The number of benzene rings is 3. The molecule has 1 aromatic heterocycles. The molecule has 1 amide bonds. The van der Waals surface area contributed by atoms with Crippen LogP contribution in [0.3, 0.4) is 0 Å². The van der Waals surface area contributed by atoms with E-state index in [2.05, 4.69) is 10.3 Å². The minimum atomic E-state index is -1.03. The van der Waals surface area contributed by atoms with Gasteiger partial charge >= 0.3 is 5.97 Å². The van der Waals surface area contributed by atoms with E-state index in [1.54, 1.807) is 0 Å². The predicted octanol–water partition coefficient (Wildman–Crippen LogP) is 4.46. The van der Waals surface area contributed by atoms with Crippen molar-refractivity contribution in [2.45, 2.75) is 25.7 Å². The second kappa shape index (κ2) is 12.9. The summed E-state index contributed by atoms with van der Waals surface area (Å²) in [5.74, 6) is -0.988. The molecule has 1 atom stereocenters. The Balaban J connectivity index is 1.46. The molecule has 4 aromatic rings. The van der Waals surface area contributed by atoms with E-state index in [1.165, 1.54) is 19.4 Å². The minimum Gasteiger partial charge on any atom is -0.503 e. The summed E-state index contributed by atoms with van der Waals surface area (Å²) in [6.07, 6.45) is 1.49. The lowest BCUT2D eigenvalue weighted by atomic mass is 10.1. The number of aromatic hydroxyl groups is 1. The predicted molar refractivity (Wildman–Crippen MR) is 141 cm³/mol. The highest BCUT2D eigenvalue weighted by Crippen LogP contribution is 2.27. The molecule has 0 aliphatic heterocycles. The van der Waals surface area contributed by atoms with E-state index in [4.69, 9.17) is 14.2 Å². The number of amides is 1. The topological polar surface area (TPSA) is 107 Å². The number of esters is 1. The number of rotatable bonds is 11. The van der Waals surface area contributed by atoms with Crippen LogP contribution in [0.1, 0.15) is 27.2 Å². The Morgan fingerprint density at radius 2 is 1.47 bits per heavy atom. The van der Waals surface area contributed by atoms with E-state index in [-0.39, 0.29) is 24.5 Å². The van der Waals surface area contributed by atoms with E-state index in [9.17, 15) is 14.7 Å². The average molecular weight is 513 g/mol. The highest BCUT2D eigenvalue weighted by molar-refractivity contribution is 5.98. The van der Waals surface area contributed by atoms with Crippen LogP contribution in [0.25, 0.3) is 0 Å². The van der Waals surface area contributed by atoms with E-state index < -0.39 is 23.7 Å². The number of nitrogens with one attached hydrogen (secondary N) is 1. The molecule has 2 N–H and O–H groups in total. The first-order valence-corrected chi connectivity index (χ1v) is 12.0. The van der Waals surface area contributed by atoms with Crippen LogP contribution in [0.5, 0.6) is 17.2 Å². The van der Waals surface area contributed by atoms with Gasteiger partial charge in [0.05, 0.1) is 7.11 Å². The largest absolute Gasteiger partial charge is 0.503 e. The smallest absolute Gasteiger partial charge is 0.329 e. The molecule has 194 valence electrons. The molecule has 3 aromatic carbocycles. The molecule has 1 unspecified atom stereocenters. The minimum absolute atomic E-state index is 0.0565. The van der Waals surface area contributed by atoms with Gasteiger partial charge in [-0.25, -0.2) is 9.78 Å². The Morgan fingerprint density at radius 1 is 0.842 bits per heavy atom. The second-order valence-electron chi connectivity index (χ2n) is 8.45. The van der Waals surface area contributed by atoms with Crippen LogP contribution in [-0.2, 0) is 29.2 Å². The fraction of sp³-hybridized carbons (Fsp3) is 0.167. The molecule has 4 rings (SSSR count). The first-order valence-electron chi connectivity index (χ1n) is 12.0. The van der Waals surface area contributed by atoms with Crippen molar-refractivity contribution in [1.82, 2.24) is 10.3 Å². The quantitative estimate of drug-likeness (QED) is 0.286. The van der Waals surface area contributed by atoms with Crippen LogP contribution in [-0.4, -0.2) is 35.1 Å². The zero-order valence-electron chi connectivity index (χ0n) is 20.9. The number of hydrogen-bond acceptors (Lipinski definition) is 7. The van der Waals surface area contributed by atoms with Crippen molar-refractivity contribution < 1.29 is 28.9 Å². The molecule has 8 nitrogen and oxygen atoms in total. The monoisotopic (exact) mass is 512 g/mol. The number of hydrogen-bond donors (Lipinski definition) is 2. The fourth-order valence-electron chi connectivity index (χ4n) is 3.71. The van der Waals surface area contributed by atoms with Gasteiger partial charge in [-0.3, -0.25) is 4.79 Å². The van der Waals surface area contributed by atoms with E-state index >= 15 is 0 Å². The Hall–Kier alpha value is -4.85. The first kappa shape index (κ1) is 26.2. The molecule has 0 aliphatic carbocycles. The van der Waals surface area contributed by atoms with Gasteiger partial charge in [0, 0.05) is 18.7 Å². The lowest BCUT2D eigenvalue weighted by Crippen LogP contribution is -2.43. The van der Waals surface area contributed by atoms with E-state index in [0.29, 0.717) is 12.4 Å². The number of carbonyl (C=O) groups is 2. The van der Waals surface area contributed by atoms with E-state index in [0.717, 1.165) is 16.7 Å². The molecule has 38 heavy (non-hydrogen) atoms. The normalized spacial score (nSPS) is 11.3. The number of ether oxygens (including phenoxy) is 3. The van der Waals surface area contributed by atoms with Gasteiger partial charge in [-0.05, 0) is 28.8 Å². The SMILES string of the molecule is COc1ccnc(C(=O)NC(Cc2ccc(OCc3ccccc3)cc2)C(=O)OCc2ccccc2)c1O. The molecule has 0 bridgehead atoms. The Labute approximate surface area is 220 Å². The van der Waals surface area contributed by atoms with Crippen LogP contribution >= 0.6 is 0 Å². The van der Waals surface area contributed by atoms with Crippen molar-refractivity contribution in [3.63, 3.8) is 0 Å². The Kier molecular flexibility index (Phi) is 8.91. The zero-order chi connectivity index (χ0) is 26.7. The molecule has 0 aliphatic rings. The molecule has 0 radical (unpaired) electrons. The zero-order valence-corrected chi connectivity index (χ0v) is 20.9. The van der Waals surface area contributed by atoms with Crippen molar-refractivity contribution in [2.24, 2.45) is 0 Å². The summed E-state index contributed by atoms with van der Waals surface area (Å²) >= 11 is 0. The number of nitrogens with zero attached hydrogens (tertiary/aromatic N) is 1. The third-order valence-corrected chi connectivity index (χ3v) is 5.75. The maximum absolute atomic E-state index is 13.1. The molecular weight excluding hydrogens is 484 g/mol. The average Bonchev–Trinajstić information content (AvgIpc) is 2.96. The van der Waals surface area contributed by atoms with Gasteiger partial charge in [0.1, 0.15) is 25.0 Å². The third kappa shape index (κ3) is 7.10. The summed E-state index contributed by atoms with van der Waals surface area (Å²) in [5, 5.41) is 13.0. The number of aromatic nitrogens is 1. The molecule has 0 fully saturated rings. The lowest BCUT2D eigenvalue weighted by molar-refractivity contribution is -0.147. The molecule has 8 heteroatoms. The third-order valence-electron chi connectivity index (χ3n) is 5.75. The number of methoxy groups -OCH3 is 1.